The Morgan fingerprint density at radius 1 is 1.30 bits per heavy atom. The summed E-state index contributed by atoms with van der Waals surface area (Å²) in [5, 5.41) is 0. The standard InChI is InChI=1S/C18H26BrNO3/c1-11(2)15-7-5-12(3)9-16(15)23-18(22)13(4)20-10-14(19)6-8-17(20)21/h6,8,10-13,15-16H,5,7,9H2,1-4H3. The minimum Gasteiger partial charge on any atom is -0.461 e. The van der Waals surface area contributed by atoms with Crippen LogP contribution in [-0.2, 0) is 9.53 Å². The molecule has 1 heterocycles. The molecule has 0 saturated heterocycles. The Morgan fingerprint density at radius 3 is 2.65 bits per heavy atom. The monoisotopic (exact) mass is 383 g/mol. The normalized spacial score (nSPS) is 26.1. The van der Waals surface area contributed by atoms with Crippen molar-refractivity contribution in [3.8, 4) is 0 Å². The number of hydrogen-bond donors (Lipinski definition) is 0. The summed E-state index contributed by atoms with van der Waals surface area (Å²) in [6.07, 6.45) is 4.79. The summed E-state index contributed by atoms with van der Waals surface area (Å²) in [5.74, 6) is 1.15. The first-order chi connectivity index (χ1) is 10.8. The second-order valence-corrected chi connectivity index (χ2v) is 7.99. The second-order valence-electron chi connectivity index (χ2n) is 7.07. The van der Waals surface area contributed by atoms with Gasteiger partial charge in [-0.3, -0.25) is 4.79 Å². The number of aromatic nitrogens is 1. The van der Waals surface area contributed by atoms with Crippen LogP contribution >= 0.6 is 15.9 Å². The molecule has 1 aromatic heterocycles. The van der Waals surface area contributed by atoms with E-state index in [0.717, 1.165) is 17.3 Å². The van der Waals surface area contributed by atoms with Crippen molar-refractivity contribution in [1.82, 2.24) is 4.57 Å². The van der Waals surface area contributed by atoms with E-state index in [1.165, 1.54) is 17.1 Å². The average Bonchev–Trinajstić information content (AvgIpc) is 2.48. The van der Waals surface area contributed by atoms with Crippen LogP contribution in [0.15, 0.2) is 27.6 Å². The maximum atomic E-state index is 12.6. The molecule has 2 rings (SSSR count). The summed E-state index contributed by atoms with van der Waals surface area (Å²) in [6, 6.07) is 2.51. The summed E-state index contributed by atoms with van der Waals surface area (Å²) in [7, 11) is 0. The van der Waals surface area contributed by atoms with Gasteiger partial charge in [0.25, 0.3) is 5.56 Å². The number of halogens is 1. The maximum absolute atomic E-state index is 12.6. The molecule has 4 unspecified atom stereocenters. The Hall–Kier alpha value is -1.10. The second kappa shape index (κ2) is 7.65. The van der Waals surface area contributed by atoms with Gasteiger partial charge in [-0.1, -0.05) is 27.2 Å². The molecule has 0 amide bonds. The smallest absolute Gasteiger partial charge is 0.329 e. The quantitative estimate of drug-likeness (QED) is 0.732. The van der Waals surface area contributed by atoms with Gasteiger partial charge in [-0.05, 0) is 59.5 Å². The third-order valence-electron chi connectivity index (χ3n) is 4.89. The lowest BCUT2D eigenvalue weighted by Gasteiger charge is -2.37. The molecule has 0 aliphatic heterocycles. The molecule has 1 saturated carbocycles. The first-order valence-electron chi connectivity index (χ1n) is 8.37. The fourth-order valence-corrected chi connectivity index (χ4v) is 3.74. The van der Waals surface area contributed by atoms with E-state index >= 15 is 0 Å². The van der Waals surface area contributed by atoms with E-state index in [2.05, 4.69) is 36.7 Å². The molecule has 0 spiro atoms. The average molecular weight is 384 g/mol. The topological polar surface area (TPSA) is 48.3 Å². The third kappa shape index (κ3) is 4.46. The van der Waals surface area contributed by atoms with Gasteiger partial charge in [0, 0.05) is 16.7 Å². The van der Waals surface area contributed by atoms with Crippen LogP contribution in [0.1, 0.15) is 53.0 Å². The minimum absolute atomic E-state index is 0.0449. The Bertz CT molecular complexity index is 611. The van der Waals surface area contributed by atoms with E-state index in [-0.39, 0.29) is 17.6 Å². The van der Waals surface area contributed by atoms with Crippen LogP contribution < -0.4 is 5.56 Å². The fraction of sp³-hybridized carbons (Fsp3) is 0.667. The Labute approximate surface area is 146 Å². The van der Waals surface area contributed by atoms with Crippen molar-refractivity contribution in [2.45, 2.75) is 59.1 Å². The number of pyridine rings is 1. The maximum Gasteiger partial charge on any atom is 0.329 e. The molecule has 5 heteroatoms. The van der Waals surface area contributed by atoms with Crippen LogP contribution in [0.4, 0.5) is 0 Å². The minimum atomic E-state index is -0.620. The molecule has 0 aromatic carbocycles. The van der Waals surface area contributed by atoms with E-state index in [1.54, 1.807) is 19.2 Å². The van der Waals surface area contributed by atoms with Gasteiger partial charge in [-0.25, -0.2) is 4.79 Å². The molecular formula is C18H26BrNO3. The van der Waals surface area contributed by atoms with Crippen LogP contribution in [0.5, 0.6) is 0 Å². The SMILES string of the molecule is CC1CCC(C(C)C)C(OC(=O)C(C)n2cc(Br)ccc2=O)C1. The summed E-state index contributed by atoms with van der Waals surface area (Å²) >= 11 is 3.34. The van der Waals surface area contributed by atoms with Crippen molar-refractivity contribution >= 4 is 21.9 Å². The van der Waals surface area contributed by atoms with E-state index < -0.39 is 6.04 Å². The molecule has 4 atom stereocenters. The number of nitrogens with zero attached hydrogens (tertiary/aromatic N) is 1. The van der Waals surface area contributed by atoms with E-state index in [4.69, 9.17) is 4.74 Å². The van der Waals surface area contributed by atoms with Crippen molar-refractivity contribution < 1.29 is 9.53 Å². The highest BCUT2D eigenvalue weighted by atomic mass is 79.9. The molecule has 0 bridgehead atoms. The lowest BCUT2D eigenvalue weighted by atomic mass is 9.75. The van der Waals surface area contributed by atoms with Gasteiger partial charge in [0.05, 0.1) is 0 Å². The largest absolute Gasteiger partial charge is 0.461 e. The van der Waals surface area contributed by atoms with Crippen molar-refractivity contribution in [2.24, 2.45) is 17.8 Å². The Balaban J connectivity index is 2.13. The number of carbonyl (C=O) groups excluding carboxylic acids is 1. The number of esters is 1. The van der Waals surface area contributed by atoms with Crippen LogP contribution in [-0.4, -0.2) is 16.6 Å². The van der Waals surface area contributed by atoms with Crippen molar-refractivity contribution in [2.75, 3.05) is 0 Å². The Morgan fingerprint density at radius 2 is 2.00 bits per heavy atom. The van der Waals surface area contributed by atoms with Crippen LogP contribution in [0.25, 0.3) is 0 Å². The molecule has 1 fully saturated rings. The zero-order valence-electron chi connectivity index (χ0n) is 14.3. The summed E-state index contributed by atoms with van der Waals surface area (Å²) in [6.45, 7) is 8.29. The molecule has 0 N–H and O–H groups in total. The highest BCUT2D eigenvalue weighted by Gasteiger charge is 2.34. The van der Waals surface area contributed by atoms with Crippen molar-refractivity contribution in [3.05, 3.63) is 33.2 Å². The van der Waals surface area contributed by atoms with Crippen LogP contribution in [0, 0.1) is 17.8 Å². The first kappa shape index (κ1) is 18.2. The predicted molar refractivity (Wildman–Crippen MR) is 94.3 cm³/mol. The van der Waals surface area contributed by atoms with Gasteiger partial charge in [0.1, 0.15) is 12.1 Å². The highest BCUT2D eigenvalue weighted by Crippen LogP contribution is 2.35. The third-order valence-corrected chi connectivity index (χ3v) is 5.36. The number of ether oxygens (including phenoxy) is 1. The van der Waals surface area contributed by atoms with E-state index in [1.807, 2.05) is 0 Å². The first-order valence-corrected chi connectivity index (χ1v) is 9.17. The number of carbonyl (C=O) groups is 1. The number of rotatable bonds is 4. The van der Waals surface area contributed by atoms with Crippen LogP contribution in [0.2, 0.25) is 0 Å². The zero-order chi connectivity index (χ0) is 17.1. The Kier molecular flexibility index (Phi) is 6.06. The lowest BCUT2D eigenvalue weighted by molar-refractivity contribution is -0.159. The van der Waals surface area contributed by atoms with Crippen molar-refractivity contribution in [3.63, 3.8) is 0 Å². The molecule has 1 aromatic rings. The summed E-state index contributed by atoms with van der Waals surface area (Å²) in [4.78, 5) is 24.5. The predicted octanol–water partition coefficient (Wildman–Crippen LogP) is 4.18. The molecule has 128 valence electrons. The summed E-state index contributed by atoms with van der Waals surface area (Å²) in [5.41, 5.74) is -0.199. The van der Waals surface area contributed by atoms with Gasteiger partial charge in [0.2, 0.25) is 0 Å². The molecule has 1 aliphatic carbocycles. The highest BCUT2D eigenvalue weighted by molar-refractivity contribution is 9.10. The van der Waals surface area contributed by atoms with Crippen LogP contribution in [0.3, 0.4) is 0 Å². The number of hydrogen-bond acceptors (Lipinski definition) is 3. The fourth-order valence-electron chi connectivity index (χ4n) is 3.39. The van der Waals surface area contributed by atoms with Gasteiger partial charge in [-0.15, -0.1) is 0 Å². The molecule has 4 nitrogen and oxygen atoms in total. The van der Waals surface area contributed by atoms with Gasteiger partial charge >= 0.3 is 5.97 Å². The van der Waals surface area contributed by atoms with E-state index in [9.17, 15) is 9.59 Å². The summed E-state index contributed by atoms with van der Waals surface area (Å²) < 4.78 is 8.02. The molecule has 1 aliphatic rings. The molecule has 0 radical (unpaired) electrons. The molecule has 23 heavy (non-hydrogen) atoms. The van der Waals surface area contributed by atoms with Gasteiger partial charge in [-0.2, -0.15) is 0 Å². The van der Waals surface area contributed by atoms with Gasteiger partial charge < -0.3 is 9.30 Å². The van der Waals surface area contributed by atoms with Gasteiger partial charge in [0.15, 0.2) is 0 Å². The van der Waals surface area contributed by atoms with E-state index in [0.29, 0.717) is 17.8 Å². The van der Waals surface area contributed by atoms with Crippen molar-refractivity contribution in [1.29, 1.82) is 0 Å². The molecular weight excluding hydrogens is 358 g/mol. The lowest BCUT2D eigenvalue weighted by Crippen LogP contribution is -2.38. The zero-order valence-corrected chi connectivity index (χ0v) is 15.9.